The van der Waals surface area contributed by atoms with E-state index in [9.17, 15) is 18.7 Å². The lowest BCUT2D eigenvalue weighted by atomic mass is 10.00. The first-order valence-corrected chi connectivity index (χ1v) is 6.47. The van der Waals surface area contributed by atoms with Gasteiger partial charge in [0.2, 0.25) is 0 Å². The lowest BCUT2D eigenvalue weighted by Crippen LogP contribution is -2.16. The van der Waals surface area contributed by atoms with E-state index in [1.807, 2.05) is 0 Å². The second kappa shape index (κ2) is 4.85. The maximum Gasteiger partial charge on any atom is 0.265 e. The Labute approximate surface area is 123 Å². The van der Waals surface area contributed by atoms with Gasteiger partial charge in [-0.15, -0.1) is 0 Å². The van der Waals surface area contributed by atoms with Gasteiger partial charge in [0.1, 0.15) is 10.6 Å². The third kappa shape index (κ3) is 2.05. The second-order valence-electron chi connectivity index (χ2n) is 4.45. The maximum atomic E-state index is 12.8. The molecule has 2 atom stereocenters. The van der Waals surface area contributed by atoms with Crippen molar-refractivity contribution in [1.82, 2.24) is 0 Å². The molecule has 2 nitrogen and oxygen atoms in total. The fourth-order valence-electron chi connectivity index (χ4n) is 2.27. The highest BCUT2D eigenvalue weighted by atomic mass is 35.5. The number of carbonyl (C=O) groups is 1. The summed E-state index contributed by atoms with van der Waals surface area (Å²) in [4.78, 5) is 11.1. The molecule has 1 N–H and O–H groups in total. The summed E-state index contributed by atoms with van der Waals surface area (Å²) in [6, 6.07) is 3.94. The van der Waals surface area contributed by atoms with Gasteiger partial charge in [0.05, 0.1) is 12.0 Å². The highest BCUT2D eigenvalue weighted by Gasteiger charge is 2.76. The molecule has 1 fully saturated rings. The summed E-state index contributed by atoms with van der Waals surface area (Å²) in [6.45, 7) is -0.555. The van der Waals surface area contributed by atoms with Crippen molar-refractivity contribution in [1.29, 1.82) is 0 Å². The van der Waals surface area contributed by atoms with Crippen LogP contribution < -0.4 is 0 Å². The van der Waals surface area contributed by atoms with Crippen LogP contribution in [0.2, 0.25) is 5.02 Å². The molecule has 0 aliphatic heterocycles. The molecule has 0 bridgehead atoms. The average Bonchev–Trinajstić information content (AvgIpc) is 2.86. The van der Waals surface area contributed by atoms with Gasteiger partial charge >= 0.3 is 0 Å². The quantitative estimate of drug-likeness (QED) is 0.675. The van der Waals surface area contributed by atoms with Crippen LogP contribution in [0.25, 0.3) is 0 Å². The monoisotopic (exact) mass is 328 g/mol. The molecule has 0 amide bonds. The van der Waals surface area contributed by atoms with Gasteiger partial charge in [-0.3, -0.25) is 0 Å². The lowest BCUT2D eigenvalue weighted by Gasteiger charge is -2.08. The van der Waals surface area contributed by atoms with E-state index < -0.39 is 28.7 Å². The number of aldehydes is 1. The molecule has 0 radical (unpaired) electrons. The molecule has 2 unspecified atom stereocenters. The van der Waals surface area contributed by atoms with E-state index in [4.69, 9.17) is 34.8 Å². The molecule has 1 aliphatic carbocycles. The van der Waals surface area contributed by atoms with Crippen LogP contribution in [0, 0.1) is 5.41 Å². The molecule has 19 heavy (non-hydrogen) atoms. The Kier molecular flexibility index (Phi) is 3.82. The van der Waals surface area contributed by atoms with Gasteiger partial charge in [-0.2, -0.15) is 0 Å². The number of aliphatic hydroxyl groups is 1. The molecule has 1 saturated carbocycles. The average molecular weight is 330 g/mol. The molecule has 1 aliphatic rings. The van der Waals surface area contributed by atoms with Crippen molar-refractivity contribution in [2.45, 2.75) is 16.7 Å². The Morgan fingerprint density at radius 3 is 2.47 bits per heavy atom. The zero-order chi connectivity index (χ0) is 14.4. The van der Waals surface area contributed by atoms with Crippen LogP contribution in [0.4, 0.5) is 8.78 Å². The molecule has 0 heterocycles. The molecule has 1 aromatic rings. The summed E-state index contributed by atoms with van der Waals surface area (Å²) in [5, 5.41) is 9.21. The van der Waals surface area contributed by atoms with E-state index in [0.717, 1.165) is 6.07 Å². The van der Waals surface area contributed by atoms with E-state index in [-0.39, 0.29) is 10.6 Å². The zero-order valence-corrected chi connectivity index (χ0v) is 11.7. The van der Waals surface area contributed by atoms with E-state index >= 15 is 0 Å². The van der Waals surface area contributed by atoms with Gasteiger partial charge in [-0.05, 0) is 17.7 Å². The van der Waals surface area contributed by atoms with Crippen molar-refractivity contribution in [3.63, 3.8) is 0 Å². The number of hydrogen-bond acceptors (Lipinski definition) is 2. The number of hydrogen-bond donors (Lipinski definition) is 1. The maximum absolute atomic E-state index is 12.8. The van der Waals surface area contributed by atoms with Crippen LogP contribution in [0.5, 0.6) is 0 Å². The number of benzene rings is 1. The first-order valence-electron chi connectivity index (χ1n) is 5.34. The molecule has 104 valence electrons. The lowest BCUT2D eigenvalue weighted by molar-refractivity contribution is -0.113. The second-order valence-corrected chi connectivity index (χ2v) is 6.25. The largest absolute Gasteiger partial charge is 0.395 e. The Balaban J connectivity index is 2.45. The summed E-state index contributed by atoms with van der Waals surface area (Å²) >= 11 is 17.6. The number of carbonyl (C=O) groups excluding carboxylic acids is 1. The normalized spacial score (nSPS) is 28.5. The molecule has 7 heteroatoms. The van der Waals surface area contributed by atoms with Crippen LogP contribution >= 0.6 is 34.8 Å². The number of aliphatic hydroxyl groups excluding tert-OH is 1. The van der Waals surface area contributed by atoms with E-state index in [2.05, 4.69) is 0 Å². The Hall–Kier alpha value is -0.420. The predicted molar refractivity (Wildman–Crippen MR) is 69.2 cm³/mol. The topological polar surface area (TPSA) is 37.3 Å². The highest BCUT2D eigenvalue weighted by molar-refractivity contribution is 6.54. The molecule has 1 aromatic carbocycles. The first-order chi connectivity index (χ1) is 8.81. The minimum Gasteiger partial charge on any atom is -0.395 e. The van der Waals surface area contributed by atoms with Crippen LogP contribution in [0.1, 0.15) is 23.5 Å². The summed E-state index contributed by atoms with van der Waals surface area (Å²) in [5.74, 6) is -0.736. The molecular formula is C12H9Cl3F2O2. The van der Waals surface area contributed by atoms with Gasteiger partial charge in [0.15, 0.2) is 0 Å². The zero-order valence-electron chi connectivity index (χ0n) is 9.42. The molecule has 0 aromatic heterocycles. The van der Waals surface area contributed by atoms with Gasteiger partial charge in [0.25, 0.3) is 6.43 Å². The van der Waals surface area contributed by atoms with Crippen molar-refractivity contribution >= 4 is 41.1 Å². The fourth-order valence-corrected chi connectivity index (χ4v) is 3.43. The van der Waals surface area contributed by atoms with Crippen LogP contribution in [0.3, 0.4) is 0 Å². The number of alkyl halides is 4. The van der Waals surface area contributed by atoms with Crippen molar-refractivity contribution in [2.75, 3.05) is 6.61 Å². The van der Waals surface area contributed by atoms with Crippen molar-refractivity contribution < 1.29 is 18.7 Å². The summed E-state index contributed by atoms with van der Waals surface area (Å²) in [5.41, 5.74) is -1.36. The van der Waals surface area contributed by atoms with Gasteiger partial charge < -0.3 is 9.90 Å². The van der Waals surface area contributed by atoms with Gasteiger partial charge in [0, 0.05) is 16.5 Å². The molecule has 2 rings (SSSR count). The molecular weight excluding hydrogens is 320 g/mol. The first kappa shape index (κ1) is 15.0. The Morgan fingerprint density at radius 2 is 2.05 bits per heavy atom. The summed E-state index contributed by atoms with van der Waals surface area (Å²) in [6.07, 6.45) is -2.28. The summed E-state index contributed by atoms with van der Waals surface area (Å²) < 4.78 is 24.0. The van der Waals surface area contributed by atoms with E-state index in [1.54, 1.807) is 0 Å². The Bertz CT molecular complexity index is 522. The smallest absolute Gasteiger partial charge is 0.265 e. The fraction of sp³-hybridized carbons (Fsp3) is 0.417. The minimum absolute atomic E-state index is 0.0742. The third-order valence-corrected chi connectivity index (χ3v) is 4.96. The van der Waals surface area contributed by atoms with Crippen LogP contribution in [-0.2, 0) is 4.79 Å². The standard InChI is InChI=1S/C12H9Cl3F2O2/c13-8-2-1-6(3-7(8)10(16)17)9-11(4-18,5-19)12(9,14)15/h1-4,9-10,19H,5H2. The van der Waals surface area contributed by atoms with Gasteiger partial charge in [-0.1, -0.05) is 40.9 Å². The number of rotatable bonds is 4. The third-order valence-electron chi connectivity index (χ3n) is 3.48. The summed E-state index contributed by atoms with van der Waals surface area (Å²) in [7, 11) is 0. The Morgan fingerprint density at radius 1 is 1.42 bits per heavy atom. The molecule has 0 spiro atoms. The highest BCUT2D eigenvalue weighted by Crippen LogP contribution is 2.72. The van der Waals surface area contributed by atoms with Crippen LogP contribution in [-0.4, -0.2) is 22.3 Å². The van der Waals surface area contributed by atoms with E-state index in [0.29, 0.717) is 11.8 Å². The van der Waals surface area contributed by atoms with Crippen LogP contribution in [0.15, 0.2) is 18.2 Å². The van der Waals surface area contributed by atoms with Crippen molar-refractivity contribution in [3.8, 4) is 0 Å². The van der Waals surface area contributed by atoms with Crippen molar-refractivity contribution in [3.05, 3.63) is 34.3 Å². The predicted octanol–water partition coefficient (Wildman–Crippen LogP) is 3.73. The van der Waals surface area contributed by atoms with Crippen molar-refractivity contribution in [2.24, 2.45) is 5.41 Å². The van der Waals surface area contributed by atoms with E-state index in [1.165, 1.54) is 12.1 Å². The minimum atomic E-state index is -2.74. The van der Waals surface area contributed by atoms with Gasteiger partial charge in [-0.25, -0.2) is 8.78 Å². The molecule has 0 saturated heterocycles. The SMILES string of the molecule is O=CC1(CO)C(c2ccc(Cl)c(C(F)F)c2)C1(Cl)Cl. The number of halogens is 5.